The highest BCUT2D eigenvalue weighted by atomic mass is 19.1. The number of carbonyl (C=O) groups is 3. The van der Waals surface area contributed by atoms with E-state index in [-0.39, 0.29) is 35.9 Å². The van der Waals surface area contributed by atoms with Crippen molar-refractivity contribution in [2.45, 2.75) is 26.3 Å². The molecule has 0 aromatic heterocycles. The number of hydrogen-bond donors (Lipinski definition) is 2. The van der Waals surface area contributed by atoms with Gasteiger partial charge in [-0.25, -0.2) is 4.39 Å². The van der Waals surface area contributed by atoms with Crippen LogP contribution in [0.15, 0.2) is 48.5 Å². The van der Waals surface area contributed by atoms with Gasteiger partial charge in [-0.15, -0.1) is 0 Å². The van der Waals surface area contributed by atoms with Crippen LogP contribution in [0, 0.1) is 11.7 Å². The zero-order valence-corrected chi connectivity index (χ0v) is 17.0. The minimum absolute atomic E-state index is 0.00975. The number of halogens is 1. The molecular weight excluding hydrogens is 385 g/mol. The van der Waals surface area contributed by atoms with Gasteiger partial charge in [-0.1, -0.05) is 24.3 Å². The van der Waals surface area contributed by atoms with E-state index in [1.807, 2.05) is 4.90 Å². The maximum Gasteiger partial charge on any atom is 0.238 e. The Bertz CT molecular complexity index is 906. The summed E-state index contributed by atoms with van der Waals surface area (Å²) in [6.07, 6.45) is 1.37. The van der Waals surface area contributed by atoms with E-state index in [0.29, 0.717) is 43.7 Å². The number of ketones is 1. The molecule has 0 aliphatic carbocycles. The Morgan fingerprint density at radius 3 is 2.43 bits per heavy atom. The van der Waals surface area contributed by atoms with Crippen LogP contribution in [-0.4, -0.2) is 42.1 Å². The molecule has 2 aromatic rings. The summed E-state index contributed by atoms with van der Waals surface area (Å²) in [5.41, 5.74) is 2.01. The molecule has 2 aromatic carbocycles. The second-order valence-electron chi connectivity index (χ2n) is 7.58. The van der Waals surface area contributed by atoms with Gasteiger partial charge < -0.3 is 10.6 Å². The molecule has 2 N–H and O–H groups in total. The molecule has 0 spiro atoms. The molecule has 0 unspecified atom stereocenters. The third-order valence-corrected chi connectivity index (χ3v) is 5.26. The number of Topliss-reactive ketones (excluding diaryl/α,β-unsaturated/α-hetero) is 1. The van der Waals surface area contributed by atoms with E-state index >= 15 is 0 Å². The standard InChI is InChI=1S/C23H26FN3O3/c1-16(28)19-3-2-4-21(13-19)26-22(29)15-27-11-9-18(10-12-27)23(30)25-14-17-5-7-20(24)8-6-17/h2-8,13,18H,9-12,14-15H2,1H3,(H,25,30)(H,26,29). The average molecular weight is 411 g/mol. The summed E-state index contributed by atoms with van der Waals surface area (Å²) in [5, 5.41) is 5.73. The lowest BCUT2D eigenvalue weighted by Gasteiger charge is -2.30. The molecule has 1 heterocycles. The van der Waals surface area contributed by atoms with Crippen LogP contribution in [0.25, 0.3) is 0 Å². The van der Waals surface area contributed by atoms with Crippen LogP contribution in [0.5, 0.6) is 0 Å². The topological polar surface area (TPSA) is 78.5 Å². The highest BCUT2D eigenvalue weighted by Crippen LogP contribution is 2.18. The van der Waals surface area contributed by atoms with Crippen molar-refractivity contribution in [1.29, 1.82) is 0 Å². The summed E-state index contributed by atoms with van der Waals surface area (Å²) in [4.78, 5) is 38.2. The smallest absolute Gasteiger partial charge is 0.238 e. The van der Waals surface area contributed by atoms with Gasteiger partial charge in [-0.2, -0.15) is 0 Å². The van der Waals surface area contributed by atoms with Gasteiger partial charge in [0, 0.05) is 23.7 Å². The average Bonchev–Trinajstić information content (AvgIpc) is 2.73. The van der Waals surface area contributed by atoms with E-state index in [4.69, 9.17) is 0 Å². The number of piperidine rings is 1. The molecule has 1 aliphatic rings. The number of hydrogen-bond acceptors (Lipinski definition) is 4. The Morgan fingerprint density at radius 1 is 1.07 bits per heavy atom. The van der Waals surface area contributed by atoms with Crippen molar-refractivity contribution >= 4 is 23.3 Å². The second-order valence-corrected chi connectivity index (χ2v) is 7.58. The Kier molecular flexibility index (Phi) is 7.30. The molecule has 0 radical (unpaired) electrons. The van der Waals surface area contributed by atoms with Crippen molar-refractivity contribution in [3.05, 3.63) is 65.5 Å². The molecular formula is C23H26FN3O3. The van der Waals surface area contributed by atoms with Gasteiger partial charge in [0.25, 0.3) is 0 Å². The number of rotatable bonds is 7. The van der Waals surface area contributed by atoms with E-state index in [1.165, 1.54) is 19.1 Å². The molecule has 158 valence electrons. The summed E-state index contributed by atoms with van der Waals surface area (Å²) >= 11 is 0. The molecule has 0 saturated carbocycles. The molecule has 1 saturated heterocycles. The molecule has 2 amide bonds. The minimum Gasteiger partial charge on any atom is -0.352 e. The quantitative estimate of drug-likeness (QED) is 0.687. The predicted octanol–water partition coefficient (Wildman–Crippen LogP) is 3.00. The SMILES string of the molecule is CC(=O)c1cccc(NC(=O)CN2CCC(C(=O)NCc3ccc(F)cc3)CC2)c1. The van der Waals surface area contributed by atoms with Crippen LogP contribution >= 0.6 is 0 Å². The van der Waals surface area contributed by atoms with Crippen LogP contribution in [-0.2, 0) is 16.1 Å². The number of benzene rings is 2. The number of likely N-dealkylation sites (tertiary alicyclic amines) is 1. The lowest BCUT2D eigenvalue weighted by molar-refractivity contribution is -0.126. The molecule has 6 nitrogen and oxygen atoms in total. The lowest BCUT2D eigenvalue weighted by atomic mass is 9.96. The van der Waals surface area contributed by atoms with Crippen LogP contribution < -0.4 is 10.6 Å². The van der Waals surface area contributed by atoms with Gasteiger partial charge in [0.2, 0.25) is 11.8 Å². The van der Waals surface area contributed by atoms with Crippen LogP contribution in [0.3, 0.4) is 0 Å². The second kappa shape index (κ2) is 10.1. The van der Waals surface area contributed by atoms with Gasteiger partial charge in [0.15, 0.2) is 5.78 Å². The highest BCUT2D eigenvalue weighted by Gasteiger charge is 2.25. The Hall–Kier alpha value is -3.06. The molecule has 1 aliphatic heterocycles. The highest BCUT2D eigenvalue weighted by molar-refractivity contribution is 5.97. The summed E-state index contributed by atoms with van der Waals surface area (Å²) in [7, 11) is 0. The number of anilines is 1. The summed E-state index contributed by atoms with van der Waals surface area (Å²) < 4.78 is 12.9. The molecule has 1 fully saturated rings. The van der Waals surface area contributed by atoms with Gasteiger partial charge in [-0.3, -0.25) is 19.3 Å². The zero-order chi connectivity index (χ0) is 21.5. The van der Waals surface area contributed by atoms with Gasteiger partial charge >= 0.3 is 0 Å². The van der Waals surface area contributed by atoms with Crippen LogP contribution in [0.1, 0.15) is 35.7 Å². The van der Waals surface area contributed by atoms with E-state index in [0.717, 1.165) is 5.56 Å². The third kappa shape index (κ3) is 6.22. The number of nitrogens with zero attached hydrogens (tertiary/aromatic N) is 1. The molecule has 3 rings (SSSR count). The summed E-state index contributed by atoms with van der Waals surface area (Å²) in [6.45, 7) is 3.43. The lowest BCUT2D eigenvalue weighted by Crippen LogP contribution is -2.43. The van der Waals surface area contributed by atoms with E-state index < -0.39 is 0 Å². The maximum atomic E-state index is 12.9. The van der Waals surface area contributed by atoms with Crippen LogP contribution in [0.4, 0.5) is 10.1 Å². The minimum atomic E-state index is -0.298. The van der Waals surface area contributed by atoms with E-state index in [1.54, 1.807) is 36.4 Å². The summed E-state index contributed by atoms with van der Waals surface area (Å²) in [5.74, 6) is -0.588. The number of nitrogens with one attached hydrogen (secondary N) is 2. The largest absolute Gasteiger partial charge is 0.352 e. The number of amides is 2. The fourth-order valence-corrected chi connectivity index (χ4v) is 3.51. The predicted molar refractivity (Wildman–Crippen MR) is 112 cm³/mol. The fraction of sp³-hybridized carbons (Fsp3) is 0.348. The Labute approximate surface area is 175 Å². The number of carbonyl (C=O) groups excluding carboxylic acids is 3. The van der Waals surface area contributed by atoms with E-state index in [2.05, 4.69) is 10.6 Å². The van der Waals surface area contributed by atoms with Crippen molar-refractivity contribution in [3.8, 4) is 0 Å². The third-order valence-electron chi connectivity index (χ3n) is 5.26. The fourth-order valence-electron chi connectivity index (χ4n) is 3.51. The summed E-state index contributed by atoms with van der Waals surface area (Å²) in [6, 6.07) is 12.9. The zero-order valence-electron chi connectivity index (χ0n) is 17.0. The van der Waals surface area contributed by atoms with Gasteiger partial charge in [0.05, 0.1) is 6.54 Å². The Morgan fingerprint density at radius 2 is 1.77 bits per heavy atom. The first kappa shape index (κ1) is 21.6. The van der Waals surface area contributed by atoms with Crippen molar-refractivity contribution in [1.82, 2.24) is 10.2 Å². The maximum absolute atomic E-state index is 12.9. The van der Waals surface area contributed by atoms with E-state index in [9.17, 15) is 18.8 Å². The van der Waals surface area contributed by atoms with Crippen molar-refractivity contribution in [3.63, 3.8) is 0 Å². The van der Waals surface area contributed by atoms with Crippen LogP contribution in [0.2, 0.25) is 0 Å². The van der Waals surface area contributed by atoms with Gasteiger partial charge in [-0.05, 0) is 62.7 Å². The first-order valence-corrected chi connectivity index (χ1v) is 10.1. The Balaban J connectivity index is 1.41. The molecule has 30 heavy (non-hydrogen) atoms. The first-order valence-electron chi connectivity index (χ1n) is 10.1. The first-order chi connectivity index (χ1) is 14.4. The molecule has 7 heteroatoms. The van der Waals surface area contributed by atoms with Crippen molar-refractivity contribution in [2.75, 3.05) is 25.0 Å². The molecule has 0 atom stereocenters. The van der Waals surface area contributed by atoms with Crippen molar-refractivity contribution < 1.29 is 18.8 Å². The molecule has 0 bridgehead atoms. The van der Waals surface area contributed by atoms with Crippen molar-refractivity contribution in [2.24, 2.45) is 5.92 Å². The van der Waals surface area contributed by atoms with Gasteiger partial charge in [0.1, 0.15) is 5.82 Å². The monoisotopic (exact) mass is 411 g/mol. The normalized spacial score (nSPS) is 14.9.